The van der Waals surface area contributed by atoms with Gasteiger partial charge in [-0.05, 0) is 30.7 Å². The summed E-state index contributed by atoms with van der Waals surface area (Å²) >= 11 is 3.25. The first-order valence-electron chi connectivity index (χ1n) is 3.86. The van der Waals surface area contributed by atoms with Crippen molar-refractivity contribution in [2.24, 2.45) is 0 Å². The van der Waals surface area contributed by atoms with E-state index in [2.05, 4.69) is 15.9 Å². The zero-order chi connectivity index (χ0) is 9.84. The van der Waals surface area contributed by atoms with Crippen LogP contribution in [-0.4, -0.2) is 11.7 Å². The normalized spacial score (nSPS) is 11.8. The van der Waals surface area contributed by atoms with E-state index in [0.29, 0.717) is 5.56 Å². The molecule has 0 saturated carbocycles. The monoisotopic (exact) mass is 244 g/mol. The number of aliphatic hydroxyl groups excluding tert-OH is 1. The summed E-state index contributed by atoms with van der Waals surface area (Å²) in [7, 11) is 0. The lowest BCUT2D eigenvalue weighted by atomic mass is 10.1. The Morgan fingerprint density at radius 3 is 2.92 bits per heavy atom. The molecular weight excluding hydrogens is 235 g/mol. The molecule has 0 spiro atoms. The summed E-state index contributed by atoms with van der Waals surface area (Å²) in [6.45, 7) is 1.70. The lowest BCUT2D eigenvalue weighted by Gasteiger charge is -1.99. The number of benzene rings is 1. The van der Waals surface area contributed by atoms with Crippen molar-refractivity contribution in [3.63, 3.8) is 0 Å². The zero-order valence-electron chi connectivity index (χ0n) is 7.22. The molecule has 0 heterocycles. The second-order valence-electron chi connectivity index (χ2n) is 2.81. The average molecular weight is 245 g/mol. The molecule has 0 aliphatic rings. The Balaban J connectivity index is 3.07. The van der Waals surface area contributed by atoms with Crippen molar-refractivity contribution in [2.45, 2.75) is 6.92 Å². The van der Waals surface area contributed by atoms with Gasteiger partial charge in [-0.2, -0.15) is 0 Å². The molecule has 70 valence electrons. The Kier molecular flexibility index (Phi) is 3.63. The summed E-state index contributed by atoms with van der Waals surface area (Å²) < 4.78 is 13.9. The lowest BCUT2D eigenvalue weighted by Crippen LogP contribution is -1.87. The van der Waals surface area contributed by atoms with Crippen molar-refractivity contribution in [3.05, 3.63) is 39.6 Å². The SMILES string of the molecule is C/C(=C/c1cc(Br)ccc1F)CO. The molecule has 0 saturated heterocycles. The molecule has 0 aromatic heterocycles. The molecule has 0 aliphatic carbocycles. The highest BCUT2D eigenvalue weighted by molar-refractivity contribution is 9.10. The fourth-order valence-corrected chi connectivity index (χ4v) is 1.32. The quantitative estimate of drug-likeness (QED) is 0.849. The number of rotatable bonds is 2. The molecular formula is C10H10BrFO. The fraction of sp³-hybridized carbons (Fsp3) is 0.200. The standard InChI is InChI=1S/C10H10BrFO/c1-7(6-13)4-8-5-9(11)2-3-10(8)12/h2-5,13H,6H2,1H3/b7-4-. The van der Waals surface area contributed by atoms with E-state index >= 15 is 0 Å². The smallest absolute Gasteiger partial charge is 0.130 e. The van der Waals surface area contributed by atoms with Crippen LogP contribution in [0.5, 0.6) is 0 Å². The summed E-state index contributed by atoms with van der Waals surface area (Å²) in [5, 5.41) is 8.75. The highest BCUT2D eigenvalue weighted by Gasteiger charge is 1.99. The first-order valence-corrected chi connectivity index (χ1v) is 4.66. The van der Waals surface area contributed by atoms with E-state index in [9.17, 15) is 4.39 Å². The first-order chi connectivity index (χ1) is 6.13. The van der Waals surface area contributed by atoms with Gasteiger partial charge in [0.05, 0.1) is 6.61 Å². The molecule has 0 bridgehead atoms. The molecule has 0 amide bonds. The Hall–Kier alpha value is -0.670. The van der Waals surface area contributed by atoms with Crippen molar-refractivity contribution >= 4 is 22.0 Å². The van der Waals surface area contributed by atoms with Crippen molar-refractivity contribution in [3.8, 4) is 0 Å². The first kappa shape index (κ1) is 10.4. The van der Waals surface area contributed by atoms with Gasteiger partial charge in [0.1, 0.15) is 5.82 Å². The second-order valence-corrected chi connectivity index (χ2v) is 3.73. The van der Waals surface area contributed by atoms with Crippen LogP contribution in [0.2, 0.25) is 0 Å². The number of aliphatic hydroxyl groups is 1. The largest absolute Gasteiger partial charge is 0.392 e. The molecule has 1 N–H and O–H groups in total. The van der Waals surface area contributed by atoms with E-state index in [-0.39, 0.29) is 12.4 Å². The predicted octanol–water partition coefficient (Wildman–Crippen LogP) is 2.98. The summed E-state index contributed by atoms with van der Waals surface area (Å²) in [6.07, 6.45) is 1.63. The van der Waals surface area contributed by atoms with E-state index in [1.165, 1.54) is 6.07 Å². The Morgan fingerprint density at radius 2 is 2.31 bits per heavy atom. The van der Waals surface area contributed by atoms with E-state index < -0.39 is 0 Å². The molecule has 13 heavy (non-hydrogen) atoms. The molecule has 1 aromatic rings. The molecule has 3 heteroatoms. The van der Waals surface area contributed by atoms with Crippen molar-refractivity contribution in [2.75, 3.05) is 6.61 Å². The molecule has 0 unspecified atom stereocenters. The van der Waals surface area contributed by atoms with Crippen LogP contribution in [0.3, 0.4) is 0 Å². The molecule has 1 rings (SSSR count). The van der Waals surface area contributed by atoms with E-state index in [1.54, 1.807) is 25.1 Å². The summed E-state index contributed by atoms with van der Waals surface area (Å²) in [6, 6.07) is 4.70. The molecule has 1 aromatic carbocycles. The Labute approximate surface area is 85.0 Å². The third-order valence-corrected chi connectivity index (χ3v) is 2.10. The third kappa shape index (κ3) is 2.94. The van der Waals surface area contributed by atoms with Crippen LogP contribution in [0, 0.1) is 5.82 Å². The predicted molar refractivity (Wildman–Crippen MR) is 54.8 cm³/mol. The molecule has 0 fully saturated rings. The molecule has 0 aliphatic heterocycles. The summed E-state index contributed by atoms with van der Waals surface area (Å²) in [5.74, 6) is -0.281. The highest BCUT2D eigenvalue weighted by Crippen LogP contribution is 2.17. The summed E-state index contributed by atoms with van der Waals surface area (Å²) in [5.41, 5.74) is 1.22. The maximum absolute atomic E-state index is 13.1. The van der Waals surface area contributed by atoms with Gasteiger partial charge in [-0.25, -0.2) is 4.39 Å². The average Bonchev–Trinajstić information content (AvgIpc) is 2.11. The van der Waals surface area contributed by atoms with Crippen molar-refractivity contribution < 1.29 is 9.50 Å². The molecule has 0 radical (unpaired) electrons. The minimum absolute atomic E-state index is 0.0496. The zero-order valence-corrected chi connectivity index (χ0v) is 8.81. The van der Waals surface area contributed by atoms with Gasteiger partial charge in [0, 0.05) is 10.0 Å². The van der Waals surface area contributed by atoms with Crippen LogP contribution in [0.4, 0.5) is 4.39 Å². The topological polar surface area (TPSA) is 20.2 Å². The van der Waals surface area contributed by atoms with Crippen molar-refractivity contribution in [1.29, 1.82) is 0 Å². The van der Waals surface area contributed by atoms with Gasteiger partial charge in [0.2, 0.25) is 0 Å². The Bertz CT molecular complexity index is 334. The molecule has 1 nitrogen and oxygen atoms in total. The van der Waals surface area contributed by atoms with Gasteiger partial charge in [-0.1, -0.05) is 22.0 Å². The van der Waals surface area contributed by atoms with Gasteiger partial charge in [-0.15, -0.1) is 0 Å². The van der Waals surface area contributed by atoms with Gasteiger partial charge in [0.15, 0.2) is 0 Å². The van der Waals surface area contributed by atoms with Gasteiger partial charge in [0.25, 0.3) is 0 Å². The van der Waals surface area contributed by atoms with E-state index in [0.717, 1.165) is 10.0 Å². The van der Waals surface area contributed by atoms with Crippen LogP contribution in [0.15, 0.2) is 28.2 Å². The van der Waals surface area contributed by atoms with Gasteiger partial charge < -0.3 is 5.11 Å². The maximum Gasteiger partial charge on any atom is 0.130 e. The number of halogens is 2. The van der Waals surface area contributed by atoms with Crippen LogP contribution >= 0.6 is 15.9 Å². The van der Waals surface area contributed by atoms with Crippen LogP contribution < -0.4 is 0 Å². The van der Waals surface area contributed by atoms with Crippen LogP contribution in [-0.2, 0) is 0 Å². The lowest BCUT2D eigenvalue weighted by molar-refractivity contribution is 0.332. The van der Waals surface area contributed by atoms with Crippen LogP contribution in [0.1, 0.15) is 12.5 Å². The van der Waals surface area contributed by atoms with Crippen molar-refractivity contribution in [1.82, 2.24) is 0 Å². The Morgan fingerprint density at radius 1 is 1.62 bits per heavy atom. The second kappa shape index (κ2) is 4.53. The minimum Gasteiger partial charge on any atom is -0.392 e. The molecule has 0 atom stereocenters. The van der Waals surface area contributed by atoms with E-state index in [4.69, 9.17) is 5.11 Å². The third-order valence-electron chi connectivity index (χ3n) is 1.61. The number of hydrogen-bond donors (Lipinski definition) is 1. The van der Waals surface area contributed by atoms with Crippen LogP contribution in [0.25, 0.3) is 6.08 Å². The highest BCUT2D eigenvalue weighted by atomic mass is 79.9. The number of hydrogen-bond acceptors (Lipinski definition) is 1. The summed E-state index contributed by atoms with van der Waals surface area (Å²) in [4.78, 5) is 0. The minimum atomic E-state index is -0.281. The van der Waals surface area contributed by atoms with E-state index in [1.807, 2.05) is 0 Å². The van der Waals surface area contributed by atoms with Gasteiger partial charge >= 0.3 is 0 Å². The van der Waals surface area contributed by atoms with Gasteiger partial charge in [-0.3, -0.25) is 0 Å². The maximum atomic E-state index is 13.1. The fourth-order valence-electron chi connectivity index (χ4n) is 0.936.